The summed E-state index contributed by atoms with van der Waals surface area (Å²) in [5.74, 6) is 1.16. The Labute approximate surface area is 138 Å². The number of nitrogens with zero attached hydrogens (tertiary/aromatic N) is 3. The van der Waals surface area contributed by atoms with Crippen LogP contribution < -0.4 is 10.6 Å². The number of hydrogen-bond donors (Lipinski definition) is 2. The number of nitriles is 2. The van der Waals surface area contributed by atoms with Crippen LogP contribution in [0.2, 0.25) is 0 Å². The third-order valence-electron chi connectivity index (χ3n) is 4.69. The molecule has 1 aromatic heterocycles. The number of nitrogens with one attached hydrogen (secondary N) is 2. The predicted octanol–water partition coefficient (Wildman–Crippen LogP) is 2.28. The van der Waals surface area contributed by atoms with E-state index in [0.717, 1.165) is 6.42 Å². The lowest BCUT2D eigenvalue weighted by Crippen LogP contribution is -2.33. The molecule has 2 aromatic rings. The minimum atomic E-state index is -0.290. The molecule has 0 radical (unpaired) electrons. The molecule has 1 unspecified atom stereocenters. The molecule has 116 valence electrons. The Balaban J connectivity index is 1.38. The second kappa shape index (κ2) is 5.36. The summed E-state index contributed by atoms with van der Waals surface area (Å²) >= 11 is 0. The van der Waals surface area contributed by atoms with E-state index in [0.29, 0.717) is 28.8 Å². The van der Waals surface area contributed by atoms with Crippen molar-refractivity contribution < 1.29 is 4.79 Å². The molecule has 4 rings (SSSR count). The second-order valence-electron chi connectivity index (χ2n) is 6.09. The number of aromatic nitrogens is 1. The van der Waals surface area contributed by atoms with Crippen LogP contribution in [0.4, 0.5) is 10.6 Å². The summed E-state index contributed by atoms with van der Waals surface area (Å²) in [6, 6.07) is 13.0. The minimum absolute atomic E-state index is 0.129. The van der Waals surface area contributed by atoms with Crippen LogP contribution in [0.25, 0.3) is 0 Å². The number of anilines is 1. The summed E-state index contributed by atoms with van der Waals surface area (Å²) in [5.41, 5.74) is 3.59. The summed E-state index contributed by atoms with van der Waals surface area (Å²) in [6.45, 7) is 0. The fraction of sp³-hybridized carbons (Fsp3) is 0.222. The quantitative estimate of drug-likeness (QED) is 0.887. The fourth-order valence-corrected chi connectivity index (χ4v) is 3.52. The van der Waals surface area contributed by atoms with Crippen LogP contribution in [-0.2, 0) is 6.42 Å². The van der Waals surface area contributed by atoms with E-state index in [1.807, 2.05) is 24.3 Å². The van der Waals surface area contributed by atoms with Crippen molar-refractivity contribution >= 4 is 11.8 Å². The van der Waals surface area contributed by atoms with Gasteiger partial charge in [-0.15, -0.1) is 0 Å². The number of amides is 2. The number of urea groups is 1. The molecule has 24 heavy (non-hydrogen) atoms. The maximum absolute atomic E-state index is 12.1. The van der Waals surface area contributed by atoms with Gasteiger partial charge in [0.2, 0.25) is 0 Å². The molecule has 1 aromatic carbocycles. The third-order valence-corrected chi connectivity index (χ3v) is 4.69. The Bertz CT molecular complexity index is 906. The first-order chi connectivity index (χ1) is 11.7. The van der Waals surface area contributed by atoms with Gasteiger partial charge in [-0.2, -0.15) is 10.5 Å². The van der Waals surface area contributed by atoms with E-state index in [2.05, 4.69) is 21.7 Å². The summed E-state index contributed by atoms with van der Waals surface area (Å²) in [4.78, 5) is 16.1. The van der Waals surface area contributed by atoms with E-state index in [4.69, 9.17) is 10.5 Å². The first kappa shape index (κ1) is 14.2. The molecule has 0 spiro atoms. The number of fused-ring (bicyclic) bond motifs is 3. The summed E-state index contributed by atoms with van der Waals surface area (Å²) in [6.07, 6.45) is 2.32. The molecule has 1 heterocycles. The summed E-state index contributed by atoms with van der Waals surface area (Å²) in [5, 5.41) is 23.4. The average molecular weight is 315 g/mol. The van der Waals surface area contributed by atoms with Crippen LogP contribution in [0.1, 0.15) is 28.2 Å². The zero-order valence-electron chi connectivity index (χ0n) is 12.7. The van der Waals surface area contributed by atoms with Gasteiger partial charge in [0.05, 0.1) is 17.2 Å². The van der Waals surface area contributed by atoms with Gasteiger partial charge in [0.15, 0.2) is 0 Å². The van der Waals surface area contributed by atoms with E-state index in [1.165, 1.54) is 17.3 Å². The van der Waals surface area contributed by atoms with Gasteiger partial charge < -0.3 is 5.32 Å². The largest absolute Gasteiger partial charge is 0.334 e. The molecule has 3 atom stereocenters. The molecule has 0 aliphatic heterocycles. The molecule has 2 aliphatic carbocycles. The van der Waals surface area contributed by atoms with Gasteiger partial charge in [0.25, 0.3) is 0 Å². The van der Waals surface area contributed by atoms with Crippen molar-refractivity contribution in [2.75, 3.05) is 5.32 Å². The lowest BCUT2D eigenvalue weighted by atomic mass is 10.0. The van der Waals surface area contributed by atoms with Gasteiger partial charge in [0.1, 0.15) is 11.9 Å². The van der Waals surface area contributed by atoms with E-state index in [-0.39, 0.29) is 12.1 Å². The number of rotatable bonds is 2. The SMILES string of the molecule is N#Cc1ccc(NC(=O)NC2[C@H]3Cc4cc(C#N)ccc4[C@@H]23)nc1. The third kappa shape index (κ3) is 2.35. The van der Waals surface area contributed by atoms with Crippen molar-refractivity contribution in [1.29, 1.82) is 10.5 Å². The molecule has 2 aliphatic rings. The van der Waals surface area contributed by atoms with Gasteiger partial charge in [-0.3, -0.25) is 5.32 Å². The van der Waals surface area contributed by atoms with Crippen LogP contribution in [0.15, 0.2) is 36.5 Å². The van der Waals surface area contributed by atoms with Crippen LogP contribution >= 0.6 is 0 Å². The zero-order chi connectivity index (χ0) is 16.7. The second-order valence-corrected chi connectivity index (χ2v) is 6.09. The van der Waals surface area contributed by atoms with Gasteiger partial charge in [0, 0.05) is 18.2 Å². The van der Waals surface area contributed by atoms with Crippen LogP contribution in [0.3, 0.4) is 0 Å². The van der Waals surface area contributed by atoms with Crippen molar-refractivity contribution in [3.05, 3.63) is 58.8 Å². The van der Waals surface area contributed by atoms with Crippen molar-refractivity contribution in [3.63, 3.8) is 0 Å². The number of carbonyl (C=O) groups excluding carboxylic acids is 1. The molecular formula is C18H13N5O. The molecule has 2 N–H and O–H groups in total. The molecule has 6 nitrogen and oxygen atoms in total. The van der Waals surface area contributed by atoms with Crippen molar-refractivity contribution in [3.8, 4) is 12.1 Å². The topological polar surface area (TPSA) is 102 Å². The summed E-state index contributed by atoms with van der Waals surface area (Å²) in [7, 11) is 0. The molecule has 2 amide bonds. The van der Waals surface area contributed by atoms with Crippen molar-refractivity contribution in [2.45, 2.75) is 18.4 Å². The Hall–Kier alpha value is -3.38. The number of carbonyl (C=O) groups is 1. The highest BCUT2D eigenvalue weighted by Gasteiger charge is 2.56. The molecule has 0 bridgehead atoms. The smallest absolute Gasteiger partial charge is 0.320 e. The van der Waals surface area contributed by atoms with E-state index in [1.54, 1.807) is 12.1 Å². The first-order valence-corrected chi connectivity index (χ1v) is 7.66. The molecule has 1 fully saturated rings. The van der Waals surface area contributed by atoms with Crippen LogP contribution in [0.5, 0.6) is 0 Å². The maximum Gasteiger partial charge on any atom is 0.320 e. The highest BCUT2D eigenvalue weighted by atomic mass is 16.2. The fourth-order valence-electron chi connectivity index (χ4n) is 3.52. The van der Waals surface area contributed by atoms with Crippen molar-refractivity contribution in [1.82, 2.24) is 10.3 Å². The predicted molar refractivity (Wildman–Crippen MR) is 86.0 cm³/mol. The highest BCUT2D eigenvalue weighted by molar-refractivity contribution is 5.89. The Morgan fingerprint density at radius 2 is 1.96 bits per heavy atom. The van der Waals surface area contributed by atoms with E-state index >= 15 is 0 Å². The molecular weight excluding hydrogens is 302 g/mol. The lowest BCUT2D eigenvalue weighted by molar-refractivity contribution is 0.251. The van der Waals surface area contributed by atoms with E-state index in [9.17, 15) is 4.79 Å². The monoisotopic (exact) mass is 315 g/mol. The lowest BCUT2D eigenvalue weighted by Gasteiger charge is -2.10. The number of benzene rings is 1. The zero-order valence-corrected chi connectivity index (χ0v) is 12.7. The molecule has 6 heteroatoms. The van der Waals surface area contributed by atoms with Gasteiger partial charge >= 0.3 is 6.03 Å². The normalized spacial score (nSPS) is 22.5. The number of pyridine rings is 1. The molecule has 1 saturated carbocycles. The van der Waals surface area contributed by atoms with Crippen molar-refractivity contribution in [2.24, 2.45) is 5.92 Å². The van der Waals surface area contributed by atoms with E-state index < -0.39 is 0 Å². The highest BCUT2D eigenvalue weighted by Crippen LogP contribution is 2.56. The average Bonchev–Trinajstić information content (AvgIpc) is 3.11. The summed E-state index contributed by atoms with van der Waals surface area (Å²) < 4.78 is 0. The van der Waals surface area contributed by atoms with Gasteiger partial charge in [-0.05, 0) is 47.7 Å². The number of hydrogen-bond acceptors (Lipinski definition) is 4. The first-order valence-electron chi connectivity index (χ1n) is 7.66. The van der Waals surface area contributed by atoms with Crippen LogP contribution in [-0.4, -0.2) is 17.1 Å². The Morgan fingerprint density at radius 3 is 2.67 bits per heavy atom. The maximum atomic E-state index is 12.1. The van der Waals surface area contributed by atoms with Crippen LogP contribution in [0, 0.1) is 28.6 Å². The minimum Gasteiger partial charge on any atom is -0.334 e. The van der Waals surface area contributed by atoms with Gasteiger partial charge in [-0.25, -0.2) is 9.78 Å². The standard InChI is InChI=1S/C18H13N5O/c19-7-10-1-3-13-12(5-10)6-14-16(13)17(14)23-18(24)22-15-4-2-11(8-20)9-21-15/h1-5,9,14,16-17H,6H2,(H2,21,22,23,24)/t14-,16+,17?/m0/s1. The Kier molecular flexibility index (Phi) is 3.18. The molecule has 0 saturated heterocycles. The Morgan fingerprint density at radius 1 is 1.17 bits per heavy atom. The van der Waals surface area contributed by atoms with Gasteiger partial charge in [-0.1, -0.05) is 6.07 Å².